The number of Topliss-reactive ketones (excluding diaryl/α,β-unsaturated/α-hetero) is 1. The maximum atomic E-state index is 12.6. The predicted molar refractivity (Wildman–Crippen MR) is 98.2 cm³/mol. The van der Waals surface area contributed by atoms with E-state index in [-0.39, 0.29) is 24.9 Å². The minimum absolute atomic E-state index is 0.0159. The van der Waals surface area contributed by atoms with Crippen molar-refractivity contribution in [3.63, 3.8) is 0 Å². The highest BCUT2D eigenvalue weighted by atomic mass is 16.7. The number of cyclic esters (lactones) is 1. The molecule has 0 spiro atoms. The molecule has 0 aliphatic carbocycles. The number of fused-ring (bicyclic) bond motifs is 1. The highest BCUT2D eigenvalue weighted by Crippen LogP contribution is 2.48. The number of para-hydroxylation sites is 1. The van der Waals surface area contributed by atoms with E-state index in [4.69, 9.17) is 23.7 Å². The number of ketones is 1. The standard InChI is InChI=1S/C21H18O8/c1-11(22)29-16-8-18-17(27-10-28-18)7-13(16)19(20-14(23)9-26-21(20)24)12-5-3-4-6-15(12)25-2/h3-8,19-20H,9-10H2,1-2H3/t19-,20-/m1/s1. The summed E-state index contributed by atoms with van der Waals surface area (Å²) in [5.41, 5.74) is 1.01. The molecule has 2 aromatic carbocycles. The average molecular weight is 398 g/mol. The summed E-state index contributed by atoms with van der Waals surface area (Å²) in [6.07, 6.45) is 0. The molecule has 0 bridgehead atoms. The molecule has 0 aromatic heterocycles. The third-order valence-corrected chi connectivity index (χ3v) is 4.86. The first-order valence-corrected chi connectivity index (χ1v) is 8.94. The van der Waals surface area contributed by atoms with Gasteiger partial charge in [0.2, 0.25) is 6.79 Å². The first kappa shape index (κ1) is 18.8. The van der Waals surface area contributed by atoms with Crippen molar-refractivity contribution in [1.82, 2.24) is 0 Å². The van der Waals surface area contributed by atoms with Crippen LogP contribution in [0.4, 0.5) is 0 Å². The van der Waals surface area contributed by atoms with Gasteiger partial charge in [-0.15, -0.1) is 0 Å². The van der Waals surface area contributed by atoms with Crippen molar-refractivity contribution >= 4 is 17.7 Å². The van der Waals surface area contributed by atoms with E-state index in [1.165, 1.54) is 20.1 Å². The molecule has 0 radical (unpaired) electrons. The van der Waals surface area contributed by atoms with E-state index in [9.17, 15) is 14.4 Å². The van der Waals surface area contributed by atoms with Crippen LogP contribution in [0.1, 0.15) is 24.0 Å². The van der Waals surface area contributed by atoms with E-state index >= 15 is 0 Å². The Morgan fingerprint density at radius 2 is 1.76 bits per heavy atom. The lowest BCUT2D eigenvalue weighted by Gasteiger charge is -2.25. The second-order valence-corrected chi connectivity index (χ2v) is 6.61. The largest absolute Gasteiger partial charge is 0.496 e. The van der Waals surface area contributed by atoms with Gasteiger partial charge in [0.25, 0.3) is 0 Å². The van der Waals surface area contributed by atoms with Crippen LogP contribution in [0.3, 0.4) is 0 Å². The number of ether oxygens (including phenoxy) is 5. The monoisotopic (exact) mass is 398 g/mol. The molecule has 0 saturated carbocycles. The molecule has 1 saturated heterocycles. The van der Waals surface area contributed by atoms with Crippen LogP contribution in [-0.2, 0) is 19.1 Å². The second-order valence-electron chi connectivity index (χ2n) is 6.61. The zero-order chi connectivity index (χ0) is 20.5. The van der Waals surface area contributed by atoms with Crippen molar-refractivity contribution in [1.29, 1.82) is 0 Å². The van der Waals surface area contributed by atoms with Crippen molar-refractivity contribution in [2.24, 2.45) is 5.92 Å². The SMILES string of the molecule is COc1ccccc1[C@H](c1cc2c(cc1OC(C)=O)OCO2)[C@H]1C(=O)COC1=O. The average Bonchev–Trinajstić information content (AvgIpc) is 3.29. The number of hydrogen-bond donors (Lipinski definition) is 0. The van der Waals surface area contributed by atoms with Crippen LogP contribution in [0.25, 0.3) is 0 Å². The van der Waals surface area contributed by atoms with Crippen LogP contribution in [0.5, 0.6) is 23.0 Å². The molecule has 2 aliphatic heterocycles. The summed E-state index contributed by atoms with van der Waals surface area (Å²) >= 11 is 0. The maximum Gasteiger partial charge on any atom is 0.318 e. The van der Waals surface area contributed by atoms with Crippen molar-refractivity contribution in [2.45, 2.75) is 12.8 Å². The molecule has 0 amide bonds. The van der Waals surface area contributed by atoms with Gasteiger partial charge in [0.15, 0.2) is 23.9 Å². The Kier molecular flexibility index (Phi) is 4.84. The summed E-state index contributed by atoms with van der Waals surface area (Å²) in [7, 11) is 1.50. The molecule has 1 fully saturated rings. The number of methoxy groups -OCH3 is 1. The third kappa shape index (κ3) is 3.37. The van der Waals surface area contributed by atoms with Crippen LogP contribution >= 0.6 is 0 Å². The fourth-order valence-corrected chi connectivity index (χ4v) is 3.65. The summed E-state index contributed by atoms with van der Waals surface area (Å²) in [5, 5.41) is 0. The second kappa shape index (κ2) is 7.46. The van der Waals surface area contributed by atoms with Crippen LogP contribution in [-0.4, -0.2) is 38.2 Å². The topological polar surface area (TPSA) is 97.4 Å². The molecule has 8 nitrogen and oxygen atoms in total. The molecule has 8 heteroatoms. The summed E-state index contributed by atoms with van der Waals surface area (Å²) in [6, 6.07) is 10.2. The quantitative estimate of drug-likeness (QED) is 0.430. The van der Waals surface area contributed by atoms with Crippen molar-refractivity contribution in [3.05, 3.63) is 47.5 Å². The van der Waals surface area contributed by atoms with Gasteiger partial charge in [-0.3, -0.25) is 14.4 Å². The third-order valence-electron chi connectivity index (χ3n) is 4.86. The van der Waals surface area contributed by atoms with Crippen LogP contribution in [0, 0.1) is 5.92 Å². The van der Waals surface area contributed by atoms with E-state index in [1.807, 2.05) is 0 Å². The molecule has 4 rings (SSSR count). The van der Waals surface area contributed by atoms with E-state index in [0.717, 1.165) is 0 Å². The highest BCUT2D eigenvalue weighted by Gasteiger charge is 2.45. The number of carbonyl (C=O) groups is 3. The molecule has 2 heterocycles. The number of esters is 2. The zero-order valence-electron chi connectivity index (χ0n) is 15.8. The Bertz CT molecular complexity index is 980. The zero-order valence-corrected chi connectivity index (χ0v) is 15.8. The molecular formula is C21H18O8. The Balaban J connectivity index is 1.95. The van der Waals surface area contributed by atoms with Gasteiger partial charge in [0.1, 0.15) is 17.4 Å². The number of benzene rings is 2. The molecule has 2 aliphatic rings. The summed E-state index contributed by atoms with van der Waals surface area (Å²) in [4.78, 5) is 36.8. The molecule has 29 heavy (non-hydrogen) atoms. The fraction of sp³-hybridized carbons (Fsp3) is 0.286. The van der Waals surface area contributed by atoms with Crippen molar-refractivity contribution < 1.29 is 38.1 Å². The molecule has 2 atom stereocenters. The number of hydrogen-bond acceptors (Lipinski definition) is 8. The first-order valence-electron chi connectivity index (χ1n) is 8.94. The predicted octanol–water partition coefficient (Wildman–Crippen LogP) is 2.22. The lowest BCUT2D eigenvalue weighted by Crippen LogP contribution is -2.26. The molecule has 0 N–H and O–H groups in total. The van der Waals surface area contributed by atoms with Crippen LogP contribution < -0.4 is 18.9 Å². The minimum Gasteiger partial charge on any atom is -0.496 e. The van der Waals surface area contributed by atoms with Gasteiger partial charge >= 0.3 is 11.9 Å². The molecule has 150 valence electrons. The minimum atomic E-state index is -1.11. The highest BCUT2D eigenvalue weighted by molar-refractivity contribution is 6.06. The fourth-order valence-electron chi connectivity index (χ4n) is 3.65. The van der Waals surface area contributed by atoms with Gasteiger partial charge < -0.3 is 23.7 Å². The Morgan fingerprint density at radius 1 is 1.03 bits per heavy atom. The van der Waals surface area contributed by atoms with Gasteiger partial charge in [-0.2, -0.15) is 0 Å². The number of carbonyl (C=O) groups excluding carboxylic acids is 3. The van der Waals surface area contributed by atoms with Crippen LogP contribution in [0.15, 0.2) is 36.4 Å². The van der Waals surface area contributed by atoms with Gasteiger partial charge in [-0.25, -0.2) is 0 Å². The Labute approximate surface area is 166 Å². The van der Waals surface area contributed by atoms with E-state index in [2.05, 4.69) is 0 Å². The van der Waals surface area contributed by atoms with E-state index in [0.29, 0.717) is 28.4 Å². The van der Waals surface area contributed by atoms with Crippen LogP contribution in [0.2, 0.25) is 0 Å². The normalized spacial score (nSPS) is 18.3. The summed E-state index contributed by atoms with van der Waals surface area (Å²) in [5.74, 6) is -1.99. The molecule has 2 aromatic rings. The lowest BCUT2D eigenvalue weighted by atomic mass is 9.78. The van der Waals surface area contributed by atoms with Gasteiger partial charge in [0.05, 0.1) is 7.11 Å². The van der Waals surface area contributed by atoms with Gasteiger partial charge in [0, 0.05) is 30.0 Å². The molecular weight excluding hydrogens is 380 g/mol. The Hall–Kier alpha value is -3.55. The van der Waals surface area contributed by atoms with Crippen molar-refractivity contribution in [3.8, 4) is 23.0 Å². The summed E-state index contributed by atoms with van der Waals surface area (Å²) < 4.78 is 26.7. The van der Waals surface area contributed by atoms with Gasteiger partial charge in [-0.05, 0) is 12.1 Å². The van der Waals surface area contributed by atoms with Crippen molar-refractivity contribution in [2.75, 3.05) is 20.5 Å². The first-order chi connectivity index (χ1) is 14.0. The maximum absolute atomic E-state index is 12.6. The smallest absolute Gasteiger partial charge is 0.318 e. The lowest BCUT2D eigenvalue weighted by molar-refractivity contribution is -0.141. The van der Waals surface area contributed by atoms with E-state index in [1.54, 1.807) is 30.3 Å². The summed E-state index contributed by atoms with van der Waals surface area (Å²) in [6.45, 7) is 0.978. The number of rotatable bonds is 5. The van der Waals surface area contributed by atoms with Gasteiger partial charge in [-0.1, -0.05) is 18.2 Å². The van der Waals surface area contributed by atoms with E-state index < -0.39 is 23.8 Å². The Morgan fingerprint density at radius 3 is 2.41 bits per heavy atom. The molecule has 0 unspecified atom stereocenters.